The normalized spacial score (nSPS) is 17.9. The Morgan fingerprint density at radius 2 is 2.17 bits per heavy atom. The second-order valence-corrected chi connectivity index (χ2v) is 5.95. The molecule has 4 heteroatoms. The van der Waals surface area contributed by atoms with Crippen molar-refractivity contribution in [3.63, 3.8) is 0 Å². The molecule has 0 spiro atoms. The van der Waals surface area contributed by atoms with E-state index in [-0.39, 0.29) is 0 Å². The molecule has 0 aromatic heterocycles. The van der Waals surface area contributed by atoms with Gasteiger partial charge in [-0.1, -0.05) is 25.0 Å². The number of hydrogen-bond acceptors (Lipinski definition) is 4. The predicted molar refractivity (Wildman–Crippen MR) is 78.5 cm³/mol. The van der Waals surface area contributed by atoms with E-state index in [9.17, 15) is 5.11 Å². The second-order valence-electron chi connectivity index (χ2n) is 4.84. The lowest BCUT2D eigenvalue weighted by atomic mass is 10.1. The van der Waals surface area contributed by atoms with Crippen LogP contribution in [0, 0.1) is 0 Å². The molecule has 18 heavy (non-hydrogen) atoms. The minimum atomic E-state index is -0.451. The minimum Gasteiger partial charge on any atom is -0.388 e. The first-order valence-corrected chi connectivity index (χ1v) is 7.57. The summed E-state index contributed by atoms with van der Waals surface area (Å²) in [7, 11) is 0. The number of nitrogens with one attached hydrogen (secondary N) is 1. The van der Waals surface area contributed by atoms with Crippen LogP contribution in [0.1, 0.15) is 43.8 Å². The molecule has 1 aliphatic rings. The monoisotopic (exact) mass is 266 g/mol. The number of nitrogens with two attached hydrogens (primary N) is 1. The Labute approximate surface area is 113 Å². The van der Waals surface area contributed by atoms with Crippen molar-refractivity contribution < 1.29 is 5.11 Å². The number of benzene rings is 1. The zero-order chi connectivity index (χ0) is 12.8. The number of rotatable bonds is 6. The molecule has 0 aliphatic heterocycles. The summed E-state index contributed by atoms with van der Waals surface area (Å²) < 4.78 is 3.40. The molecule has 1 unspecified atom stereocenters. The van der Waals surface area contributed by atoms with Gasteiger partial charge in [0, 0.05) is 10.9 Å². The first-order valence-electron chi connectivity index (χ1n) is 6.69. The van der Waals surface area contributed by atoms with Crippen LogP contribution in [-0.2, 0) is 0 Å². The van der Waals surface area contributed by atoms with Crippen molar-refractivity contribution in [3.05, 3.63) is 29.8 Å². The first-order chi connectivity index (χ1) is 8.79. The molecule has 1 atom stereocenters. The fraction of sp³-hybridized carbons (Fsp3) is 0.571. The summed E-state index contributed by atoms with van der Waals surface area (Å²) in [6.45, 7) is 0.510. The molecule has 1 aliphatic carbocycles. The van der Waals surface area contributed by atoms with E-state index in [1.54, 1.807) is 0 Å². The van der Waals surface area contributed by atoms with Crippen LogP contribution < -0.4 is 10.5 Å². The molecule has 1 saturated carbocycles. The topological polar surface area (TPSA) is 58.3 Å². The van der Waals surface area contributed by atoms with Gasteiger partial charge < -0.3 is 15.6 Å². The summed E-state index contributed by atoms with van der Waals surface area (Å²) in [5.74, 6) is 0. The van der Waals surface area contributed by atoms with Crippen molar-refractivity contribution in [2.24, 2.45) is 5.73 Å². The Kier molecular flexibility index (Phi) is 5.35. The van der Waals surface area contributed by atoms with Gasteiger partial charge in [-0.05, 0) is 55.5 Å². The van der Waals surface area contributed by atoms with Crippen LogP contribution in [0.3, 0.4) is 0 Å². The molecule has 1 aromatic rings. The van der Waals surface area contributed by atoms with Crippen molar-refractivity contribution in [1.29, 1.82) is 0 Å². The molecule has 0 amide bonds. The number of hydrogen-bond donors (Lipinski definition) is 3. The van der Waals surface area contributed by atoms with Crippen molar-refractivity contribution in [3.8, 4) is 0 Å². The molecule has 3 nitrogen and oxygen atoms in total. The number of anilines is 1. The van der Waals surface area contributed by atoms with E-state index in [2.05, 4.69) is 4.72 Å². The van der Waals surface area contributed by atoms with Gasteiger partial charge in [0.1, 0.15) is 0 Å². The molecule has 1 fully saturated rings. The number of aliphatic hydroxyl groups is 1. The van der Waals surface area contributed by atoms with Crippen molar-refractivity contribution in [2.45, 2.75) is 43.5 Å². The van der Waals surface area contributed by atoms with Gasteiger partial charge in [-0.25, -0.2) is 0 Å². The fourth-order valence-corrected chi connectivity index (χ4v) is 3.29. The molecule has 1 aromatic carbocycles. The molecular weight excluding hydrogens is 244 g/mol. The van der Waals surface area contributed by atoms with Crippen LogP contribution in [0.5, 0.6) is 0 Å². The Morgan fingerprint density at radius 3 is 2.89 bits per heavy atom. The summed E-state index contributed by atoms with van der Waals surface area (Å²) in [5, 5.41) is 10.6. The fourth-order valence-electron chi connectivity index (χ4n) is 2.29. The standard InChI is InChI=1S/C14H22N2OS/c15-9-8-14(17)11-4-3-5-12(10-11)16-18-13-6-1-2-7-13/h3-5,10,13-14,16-17H,1-2,6-9,15H2. The maximum atomic E-state index is 9.91. The number of aliphatic hydroxyl groups excluding tert-OH is 1. The smallest absolute Gasteiger partial charge is 0.0802 e. The van der Waals surface area contributed by atoms with E-state index >= 15 is 0 Å². The summed E-state index contributed by atoms with van der Waals surface area (Å²) in [6, 6.07) is 7.99. The van der Waals surface area contributed by atoms with Gasteiger partial charge in [-0.3, -0.25) is 0 Å². The van der Waals surface area contributed by atoms with Crippen LogP contribution in [0.15, 0.2) is 24.3 Å². The third-order valence-corrected chi connectivity index (χ3v) is 4.52. The third kappa shape index (κ3) is 3.90. The van der Waals surface area contributed by atoms with E-state index in [1.165, 1.54) is 25.7 Å². The predicted octanol–water partition coefficient (Wildman–Crippen LogP) is 3.07. The van der Waals surface area contributed by atoms with Gasteiger partial charge in [0.25, 0.3) is 0 Å². The van der Waals surface area contributed by atoms with E-state index < -0.39 is 6.10 Å². The van der Waals surface area contributed by atoms with Crippen LogP contribution in [0.25, 0.3) is 0 Å². The summed E-state index contributed by atoms with van der Waals surface area (Å²) in [6.07, 6.45) is 5.50. The highest BCUT2D eigenvalue weighted by atomic mass is 32.2. The second kappa shape index (κ2) is 7.02. The molecule has 2 rings (SSSR count). The Morgan fingerprint density at radius 1 is 1.39 bits per heavy atom. The average Bonchev–Trinajstić information content (AvgIpc) is 2.90. The van der Waals surface area contributed by atoms with E-state index in [0.29, 0.717) is 13.0 Å². The Hall–Kier alpha value is -0.710. The lowest BCUT2D eigenvalue weighted by Crippen LogP contribution is -2.07. The zero-order valence-corrected chi connectivity index (χ0v) is 11.5. The maximum absolute atomic E-state index is 9.91. The summed E-state index contributed by atoms with van der Waals surface area (Å²) in [4.78, 5) is 0. The molecular formula is C14H22N2OS. The SMILES string of the molecule is NCCC(O)c1cccc(NSC2CCCC2)c1. The van der Waals surface area contributed by atoms with E-state index in [1.807, 2.05) is 36.2 Å². The van der Waals surface area contributed by atoms with Crippen LogP contribution >= 0.6 is 11.9 Å². The van der Waals surface area contributed by atoms with Crippen molar-refractivity contribution >= 4 is 17.6 Å². The Balaban J connectivity index is 1.89. The van der Waals surface area contributed by atoms with Gasteiger partial charge in [0.15, 0.2) is 0 Å². The Bertz CT molecular complexity index is 367. The van der Waals surface area contributed by atoms with Crippen molar-refractivity contribution in [1.82, 2.24) is 0 Å². The largest absolute Gasteiger partial charge is 0.388 e. The lowest BCUT2D eigenvalue weighted by molar-refractivity contribution is 0.170. The van der Waals surface area contributed by atoms with Gasteiger partial charge in [-0.15, -0.1) is 0 Å². The van der Waals surface area contributed by atoms with Gasteiger partial charge in [-0.2, -0.15) is 0 Å². The average molecular weight is 266 g/mol. The highest BCUT2D eigenvalue weighted by molar-refractivity contribution is 8.01. The van der Waals surface area contributed by atoms with E-state index in [0.717, 1.165) is 16.5 Å². The van der Waals surface area contributed by atoms with Gasteiger partial charge in [0.05, 0.1) is 6.10 Å². The van der Waals surface area contributed by atoms with Gasteiger partial charge >= 0.3 is 0 Å². The summed E-state index contributed by atoms with van der Waals surface area (Å²) in [5.41, 5.74) is 7.48. The third-order valence-electron chi connectivity index (χ3n) is 3.36. The van der Waals surface area contributed by atoms with E-state index in [4.69, 9.17) is 5.73 Å². The quantitative estimate of drug-likeness (QED) is 0.693. The molecule has 100 valence electrons. The summed E-state index contributed by atoms with van der Waals surface area (Å²) >= 11 is 1.81. The highest BCUT2D eigenvalue weighted by Gasteiger charge is 2.15. The molecule has 0 radical (unpaired) electrons. The first kappa shape index (κ1) is 13.7. The highest BCUT2D eigenvalue weighted by Crippen LogP contribution is 2.30. The zero-order valence-electron chi connectivity index (χ0n) is 10.6. The van der Waals surface area contributed by atoms with Gasteiger partial charge in [0.2, 0.25) is 0 Å². The molecule has 0 saturated heterocycles. The molecule has 0 bridgehead atoms. The molecule has 0 heterocycles. The minimum absolute atomic E-state index is 0.451. The van der Waals surface area contributed by atoms with Crippen LogP contribution in [0.2, 0.25) is 0 Å². The lowest BCUT2D eigenvalue weighted by Gasteiger charge is -2.14. The van der Waals surface area contributed by atoms with Crippen molar-refractivity contribution in [2.75, 3.05) is 11.3 Å². The molecule has 4 N–H and O–H groups in total. The van der Waals surface area contributed by atoms with Crippen LogP contribution in [-0.4, -0.2) is 16.9 Å². The maximum Gasteiger partial charge on any atom is 0.0802 e. The van der Waals surface area contributed by atoms with Crippen LogP contribution in [0.4, 0.5) is 5.69 Å².